The number of aromatic nitrogens is 3. The fourth-order valence-corrected chi connectivity index (χ4v) is 3.19. The Morgan fingerprint density at radius 1 is 1.12 bits per heavy atom. The second-order valence-electron chi connectivity index (χ2n) is 6.98. The average Bonchev–Trinajstić information content (AvgIpc) is 3.12. The predicted octanol–water partition coefficient (Wildman–Crippen LogP) is -3.15. The Kier molecular flexibility index (Phi) is 10.3. The van der Waals surface area contributed by atoms with Gasteiger partial charge in [-0.05, 0) is 42.5 Å². The molecule has 1 atom stereocenters. The van der Waals surface area contributed by atoms with Crippen LogP contribution in [0.3, 0.4) is 0 Å². The summed E-state index contributed by atoms with van der Waals surface area (Å²) in [6.45, 7) is 0. The van der Waals surface area contributed by atoms with Crippen molar-refractivity contribution in [3.05, 3.63) is 57.5 Å². The van der Waals surface area contributed by atoms with Crippen molar-refractivity contribution in [2.75, 3.05) is 5.73 Å². The van der Waals surface area contributed by atoms with E-state index >= 15 is 0 Å². The molecule has 0 radical (unpaired) electrons. The molecule has 0 bridgehead atoms. The zero-order valence-electron chi connectivity index (χ0n) is 17.8. The molecule has 170 valence electrons. The fourth-order valence-electron chi connectivity index (χ4n) is 3.19. The maximum absolute atomic E-state index is 12.3. The summed E-state index contributed by atoms with van der Waals surface area (Å²) in [4.78, 5) is 55.7. The van der Waals surface area contributed by atoms with Crippen LogP contribution in [-0.4, -0.2) is 54.5 Å². The molecule has 0 aliphatic heterocycles. The third-order valence-corrected chi connectivity index (χ3v) is 4.79. The third-order valence-electron chi connectivity index (χ3n) is 4.79. The molecule has 0 fully saturated rings. The molecule has 2 aromatic heterocycles. The molecule has 13 heteroatoms. The second kappa shape index (κ2) is 12.2. The van der Waals surface area contributed by atoms with Crippen LogP contribution in [0.2, 0.25) is 0 Å². The molecule has 2 heterocycles. The molecule has 3 aromatic rings. The molecule has 0 aliphatic carbocycles. The number of nitrogens with two attached hydrogens (primary N) is 1. The molecule has 3 rings (SSSR count). The van der Waals surface area contributed by atoms with Gasteiger partial charge in [-0.3, -0.25) is 19.4 Å². The Bertz CT molecular complexity index is 1190. The van der Waals surface area contributed by atoms with Gasteiger partial charge in [-0.2, -0.15) is 4.98 Å². The SMILES string of the molecule is Nc1nc2[nH]cc(CCc3ccc(C(=O)N[C@@H](CCC(=O)O)C(=O)O)cc3)c2c(=O)[nH]1.O.[Na+]. The zero-order valence-corrected chi connectivity index (χ0v) is 19.8. The number of fused-ring (bicyclic) bond motifs is 1. The second-order valence-corrected chi connectivity index (χ2v) is 6.98. The Balaban J connectivity index is 0.00000272. The van der Waals surface area contributed by atoms with Gasteiger partial charge in [0, 0.05) is 18.2 Å². The van der Waals surface area contributed by atoms with E-state index in [2.05, 4.69) is 20.3 Å². The van der Waals surface area contributed by atoms with Gasteiger partial charge < -0.3 is 31.7 Å². The number of aromatic amines is 2. The molecule has 1 aromatic carbocycles. The molecule has 1 amide bonds. The van der Waals surface area contributed by atoms with E-state index in [4.69, 9.17) is 15.9 Å². The van der Waals surface area contributed by atoms with E-state index in [1.54, 1.807) is 30.5 Å². The Morgan fingerprint density at radius 3 is 2.39 bits per heavy atom. The largest absolute Gasteiger partial charge is 1.00 e. The average molecular weight is 468 g/mol. The van der Waals surface area contributed by atoms with E-state index in [0.717, 1.165) is 11.1 Å². The molecule has 9 N–H and O–H groups in total. The van der Waals surface area contributed by atoms with Gasteiger partial charge >= 0.3 is 41.5 Å². The summed E-state index contributed by atoms with van der Waals surface area (Å²) >= 11 is 0. The van der Waals surface area contributed by atoms with Crippen molar-refractivity contribution in [2.45, 2.75) is 31.7 Å². The number of rotatable bonds is 9. The van der Waals surface area contributed by atoms with E-state index in [1.807, 2.05) is 0 Å². The summed E-state index contributed by atoms with van der Waals surface area (Å²) in [6.07, 6.45) is 2.27. The summed E-state index contributed by atoms with van der Waals surface area (Å²) < 4.78 is 0. The first kappa shape index (κ1) is 27.8. The first-order valence-electron chi connectivity index (χ1n) is 9.44. The van der Waals surface area contributed by atoms with Crippen LogP contribution in [0.4, 0.5) is 5.95 Å². The molecule has 0 aliphatic rings. The van der Waals surface area contributed by atoms with Gasteiger partial charge in [0.25, 0.3) is 11.5 Å². The van der Waals surface area contributed by atoms with Crippen molar-refractivity contribution >= 4 is 34.8 Å². The summed E-state index contributed by atoms with van der Waals surface area (Å²) in [7, 11) is 0. The first-order chi connectivity index (χ1) is 14.7. The minimum atomic E-state index is -1.30. The van der Waals surface area contributed by atoms with Crippen LogP contribution in [0.5, 0.6) is 0 Å². The van der Waals surface area contributed by atoms with Gasteiger partial charge in [0.1, 0.15) is 11.7 Å². The number of H-pyrrole nitrogens is 2. The molecule has 0 saturated heterocycles. The maximum Gasteiger partial charge on any atom is 1.00 e. The minimum absolute atomic E-state index is 0. The number of carbonyl (C=O) groups excluding carboxylic acids is 1. The Hall–Kier alpha value is -3.19. The van der Waals surface area contributed by atoms with Crippen LogP contribution in [0, 0.1) is 0 Å². The van der Waals surface area contributed by atoms with Crippen molar-refractivity contribution in [2.24, 2.45) is 0 Å². The van der Waals surface area contributed by atoms with Crippen LogP contribution in [0.25, 0.3) is 11.0 Å². The van der Waals surface area contributed by atoms with Crippen molar-refractivity contribution in [1.82, 2.24) is 20.3 Å². The van der Waals surface area contributed by atoms with E-state index in [-0.39, 0.29) is 64.9 Å². The Morgan fingerprint density at radius 2 is 1.79 bits per heavy atom. The van der Waals surface area contributed by atoms with Gasteiger partial charge in [-0.15, -0.1) is 0 Å². The third kappa shape index (κ3) is 7.15. The number of amides is 1. The van der Waals surface area contributed by atoms with Crippen molar-refractivity contribution < 1.29 is 59.6 Å². The van der Waals surface area contributed by atoms with Crippen LogP contribution in [0.1, 0.15) is 34.3 Å². The van der Waals surface area contributed by atoms with Gasteiger partial charge in [0.05, 0.1) is 5.39 Å². The van der Waals surface area contributed by atoms with Crippen LogP contribution >= 0.6 is 0 Å². The van der Waals surface area contributed by atoms with Crippen molar-refractivity contribution in [3.63, 3.8) is 0 Å². The number of anilines is 1. The van der Waals surface area contributed by atoms with Gasteiger partial charge in [-0.25, -0.2) is 4.79 Å². The summed E-state index contributed by atoms with van der Waals surface area (Å²) in [5.41, 5.74) is 7.59. The zero-order chi connectivity index (χ0) is 22.5. The quantitative estimate of drug-likeness (QED) is 0.175. The van der Waals surface area contributed by atoms with E-state index < -0.39 is 23.9 Å². The topological polar surface area (TPSA) is 223 Å². The van der Waals surface area contributed by atoms with Gasteiger partial charge in [-0.1, -0.05) is 12.1 Å². The number of nitrogen functional groups attached to an aromatic ring is 1. The number of hydrogen-bond acceptors (Lipinski definition) is 6. The van der Waals surface area contributed by atoms with E-state index in [9.17, 15) is 19.2 Å². The molecule has 33 heavy (non-hydrogen) atoms. The number of aryl methyl sites for hydroxylation is 2. The molecule has 0 unspecified atom stereocenters. The smallest absolute Gasteiger partial charge is 0.481 e. The van der Waals surface area contributed by atoms with Crippen LogP contribution < -0.4 is 46.2 Å². The number of nitrogens with zero attached hydrogens (tertiary/aromatic N) is 1. The molecular formula is C20H23N5NaO7+. The van der Waals surface area contributed by atoms with E-state index in [1.165, 1.54) is 0 Å². The molecule has 0 spiro atoms. The predicted molar refractivity (Wildman–Crippen MR) is 114 cm³/mol. The number of hydrogen-bond donors (Lipinski definition) is 6. The number of benzene rings is 1. The molecule has 12 nitrogen and oxygen atoms in total. The normalized spacial score (nSPS) is 11.2. The number of carboxylic acids is 2. The molecular weight excluding hydrogens is 445 g/mol. The van der Waals surface area contributed by atoms with Crippen LogP contribution in [-0.2, 0) is 22.4 Å². The summed E-state index contributed by atoms with van der Waals surface area (Å²) in [6, 6.07) is 5.30. The minimum Gasteiger partial charge on any atom is -0.481 e. The number of carbonyl (C=O) groups is 3. The Labute approximate surface area is 209 Å². The number of aliphatic carboxylic acids is 2. The van der Waals surface area contributed by atoms with Gasteiger partial charge in [0.2, 0.25) is 5.95 Å². The van der Waals surface area contributed by atoms with Crippen molar-refractivity contribution in [1.29, 1.82) is 0 Å². The maximum atomic E-state index is 12.3. The van der Waals surface area contributed by atoms with Gasteiger partial charge in [0.15, 0.2) is 0 Å². The summed E-state index contributed by atoms with van der Waals surface area (Å²) in [5, 5.41) is 20.6. The van der Waals surface area contributed by atoms with E-state index in [0.29, 0.717) is 23.9 Å². The molecule has 0 saturated carbocycles. The fraction of sp³-hybridized carbons (Fsp3) is 0.250. The standard InChI is InChI=1S/C20H21N5O6.Na.H2O/c21-20-24-16-15(18(29)25-20)12(9-22-16)6-3-10-1-4-11(5-2-10)17(28)23-13(19(30)31)7-8-14(26)27;;/h1-2,4-5,9,13H,3,6-8H2,(H,23,28)(H,26,27)(H,30,31)(H4,21,22,24,25,29);;1H2/q;+1;/t13-;;/m0../s1. The first-order valence-corrected chi connectivity index (χ1v) is 9.44. The monoisotopic (exact) mass is 468 g/mol. The van der Waals surface area contributed by atoms with Crippen LogP contribution in [0.15, 0.2) is 35.3 Å². The summed E-state index contributed by atoms with van der Waals surface area (Å²) in [5.74, 6) is -3.00. The number of nitrogens with one attached hydrogen (secondary N) is 3. The number of carboxylic acid groups (broad SMARTS) is 2. The van der Waals surface area contributed by atoms with Crippen molar-refractivity contribution in [3.8, 4) is 0 Å².